The molecule has 10 heteroatoms. The maximum atomic E-state index is 13.1. The van der Waals surface area contributed by atoms with Crippen molar-refractivity contribution in [1.29, 1.82) is 0 Å². The molecule has 1 fully saturated rings. The zero-order valence-electron chi connectivity index (χ0n) is 15.4. The van der Waals surface area contributed by atoms with Gasteiger partial charge in [-0.05, 0) is 36.5 Å². The molecule has 1 N–H and O–H groups in total. The van der Waals surface area contributed by atoms with E-state index < -0.39 is 16.7 Å². The monoisotopic (exact) mass is 430 g/mol. The van der Waals surface area contributed by atoms with E-state index in [-0.39, 0.29) is 21.4 Å². The number of para-hydroxylation sites is 1. The first-order valence-electron chi connectivity index (χ1n) is 8.32. The SMILES string of the molecule is CN(C)c1ccc([N+](=O)[O-])cc1/C=C1/C(=O)NC(=S)N(c2ccccc2Cl)C1=O. The third-order valence-electron chi connectivity index (χ3n) is 4.20. The Labute approximate surface area is 176 Å². The number of carbonyl (C=O) groups is 2. The molecule has 148 valence electrons. The van der Waals surface area contributed by atoms with Gasteiger partial charge >= 0.3 is 0 Å². The van der Waals surface area contributed by atoms with E-state index in [1.165, 1.54) is 18.2 Å². The van der Waals surface area contributed by atoms with Crippen molar-refractivity contribution in [3.63, 3.8) is 0 Å². The average Bonchev–Trinajstić information content (AvgIpc) is 2.66. The minimum atomic E-state index is -0.695. The second-order valence-corrected chi connectivity index (χ2v) is 7.10. The lowest BCUT2D eigenvalue weighted by atomic mass is 10.0. The van der Waals surface area contributed by atoms with Crippen LogP contribution in [0.3, 0.4) is 0 Å². The van der Waals surface area contributed by atoms with Crippen molar-refractivity contribution in [2.24, 2.45) is 0 Å². The lowest BCUT2D eigenvalue weighted by Crippen LogP contribution is -2.54. The summed E-state index contributed by atoms with van der Waals surface area (Å²) in [5, 5.41) is 13.8. The molecule has 2 aromatic carbocycles. The van der Waals surface area contributed by atoms with Crippen LogP contribution in [0, 0.1) is 10.1 Å². The molecule has 0 aromatic heterocycles. The Balaban J connectivity index is 2.13. The molecule has 0 atom stereocenters. The average molecular weight is 431 g/mol. The summed E-state index contributed by atoms with van der Waals surface area (Å²) in [6, 6.07) is 10.8. The van der Waals surface area contributed by atoms with Crippen LogP contribution in [0.25, 0.3) is 6.08 Å². The van der Waals surface area contributed by atoms with Gasteiger partial charge in [0.1, 0.15) is 5.57 Å². The number of nitrogens with one attached hydrogen (secondary N) is 1. The number of anilines is 2. The molecule has 1 aliphatic heterocycles. The minimum Gasteiger partial charge on any atom is -0.377 e. The Morgan fingerprint density at radius 2 is 1.90 bits per heavy atom. The lowest BCUT2D eigenvalue weighted by Gasteiger charge is -2.29. The fraction of sp³-hybridized carbons (Fsp3) is 0.105. The van der Waals surface area contributed by atoms with Gasteiger partial charge in [-0.25, -0.2) is 0 Å². The highest BCUT2D eigenvalue weighted by Crippen LogP contribution is 2.31. The van der Waals surface area contributed by atoms with E-state index in [1.54, 1.807) is 49.3 Å². The largest absolute Gasteiger partial charge is 0.377 e. The molecule has 3 rings (SSSR count). The molecular formula is C19H15ClN4O4S. The number of rotatable bonds is 4. The van der Waals surface area contributed by atoms with E-state index in [2.05, 4.69) is 5.32 Å². The van der Waals surface area contributed by atoms with Gasteiger partial charge in [-0.3, -0.25) is 29.9 Å². The first-order chi connectivity index (χ1) is 13.7. The standard InChI is InChI=1S/C19H15ClN4O4S/c1-22(2)15-8-7-12(24(27)28)9-11(15)10-13-17(25)21-19(29)23(18(13)26)16-6-4-3-5-14(16)20/h3-10H,1-2H3,(H,21,25,29)/b13-10-. The summed E-state index contributed by atoms with van der Waals surface area (Å²) in [5.41, 5.74) is 0.879. The van der Waals surface area contributed by atoms with Crippen LogP contribution in [-0.2, 0) is 9.59 Å². The highest BCUT2D eigenvalue weighted by molar-refractivity contribution is 7.80. The van der Waals surface area contributed by atoms with Gasteiger partial charge in [0, 0.05) is 37.5 Å². The van der Waals surface area contributed by atoms with E-state index in [0.29, 0.717) is 16.9 Å². The molecule has 1 saturated heterocycles. The first kappa shape index (κ1) is 20.4. The van der Waals surface area contributed by atoms with E-state index in [0.717, 1.165) is 4.90 Å². The fourth-order valence-electron chi connectivity index (χ4n) is 2.84. The molecule has 8 nitrogen and oxygen atoms in total. The van der Waals surface area contributed by atoms with Gasteiger partial charge in [0.2, 0.25) is 0 Å². The summed E-state index contributed by atoms with van der Waals surface area (Å²) in [5.74, 6) is -1.37. The third kappa shape index (κ3) is 3.96. The van der Waals surface area contributed by atoms with Gasteiger partial charge in [-0.1, -0.05) is 23.7 Å². The molecule has 0 unspecified atom stereocenters. The molecule has 2 amide bonds. The van der Waals surface area contributed by atoms with Crippen LogP contribution < -0.4 is 15.1 Å². The summed E-state index contributed by atoms with van der Waals surface area (Å²) in [4.78, 5) is 39.0. The summed E-state index contributed by atoms with van der Waals surface area (Å²) in [7, 11) is 3.49. The Kier molecular flexibility index (Phi) is 5.62. The normalized spacial score (nSPS) is 15.5. The fourth-order valence-corrected chi connectivity index (χ4v) is 3.34. The second-order valence-electron chi connectivity index (χ2n) is 6.30. The highest BCUT2D eigenvalue weighted by Gasteiger charge is 2.35. The molecular weight excluding hydrogens is 416 g/mol. The van der Waals surface area contributed by atoms with E-state index in [4.69, 9.17) is 23.8 Å². The Morgan fingerprint density at radius 3 is 2.52 bits per heavy atom. The minimum absolute atomic E-state index is 0.0999. The number of hydrogen-bond acceptors (Lipinski definition) is 6. The van der Waals surface area contributed by atoms with Crippen molar-refractivity contribution < 1.29 is 14.5 Å². The van der Waals surface area contributed by atoms with Crippen LogP contribution in [-0.4, -0.2) is 35.9 Å². The number of non-ortho nitro benzene ring substituents is 1. The summed E-state index contributed by atoms with van der Waals surface area (Å²) in [6.45, 7) is 0. The number of nitro benzene ring substituents is 1. The number of hydrogen-bond donors (Lipinski definition) is 1. The van der Waals surface area contributed by atoms with Crippen molar-refractivity contribution in [1.82, 2.24) is 5.32 Å². The molecule has 1 heterocycles. The number of thiocarbonyl (C=S) groups is 1. The van der Waals surface area contributed by atoms with Crippen LogP contribution in [0.15, 0.2) is 48.0 Å². The number of benzene rings is 2. The van der Waals surface area contributed by atoms with Gasteiger partial charge in [0.15, 0.2) is 5.11 Å². The van der Waals surface area contributed by atoms with Crippen molar-refractivity contribution in [2.75, 3.05) is 23.9 Å². The number of carbonyl (C=O) groups excluding carboxylic acids is 2. The number of nitro groups is 1. The number of halogens is 1. The Bertz CT molecular complexity index is 1080. The predicted molar refractivity (Wildman–Crippen MR) is 115 cm³/mol. The van der Waals surface area contributed by atoms with Gasteiger partial charge in [0.05, 0.1) is 15.6 Å². The predicted octanol–water partition coefficient (Wildman–Crippen LogP) is 3.15. The zero-order valence-corrected chi connectivity index (χ0v) is 17.0. The maximum absolute atomic E-state index is 13.1. The van der Waals surface area contributed by atoms with E-state index in [9.17, 15) is 19.7 Å². The summed E-state index contributed by atoms with van der Waals surface area (Å²) >= 11 is 11.3. The van der Waals surface area contributed by atoms with Crippen LogP contribution in [0.4, 0.5) is 17.1 Å². The van der Waals surface area contributed by atoms with Crippen molar-refractivity contribution in [3.05, 3.63) is 68.7 Å². The number of nitrogens with zero attached hydrogens (tertiary/aromatic N) is 3. The van der Waals surface area contributed by atoms with E-state index >= 15 is 0 Å². The highest BCUT2D eigenvalue weighted by atomic mass is 35.5. The van der Waals surface area contributed by atoms with Crippen LogP contribution in [0.2, 0.25) is 5.02 Å². The van der Waals surface area contributed by atoms with Gasteiger partial charge < -0.3 is 4.90 Å². The van der Waals surface area contributed by atoms with Gasteiger partial charge in [0.25, 0.3) is 17.5 Å². The molecule has 0 aliphatic carbocycles. The van der Waals surface area contributed by atoms with E-state index in [1.807, 2.05) is 0 Å². The first-order valence-corrected chi connectivity index (χ1v) is 9.11. The lowest BCUT2D eigenvalue weighted by molar-refractivity contribution is -0.384. The van der Waals surface area contributed by atoms with Crippen molar-refractivity contribution in [2.45, 2.75) is 0 Å². The summed E-state index contributed by atoms with van der Waals surface area (Å²) < 4.78 is 0. The molecule has 0 saturated carbocycles. The van der Waals surface area contributed by atoms with Gasteiger partial charge in [-0.2, -0.15) is 0 Å². The Hall–Kier alpha value is -3.30. The van der Waals surface area contributed by atoms with Gasteiger partial charge in [-0.15, -0.1) is 0 Å². The quantitative estimate of drug-likeness (QED) is 0.263. The molecule has 0 spiro atoms. The Morgan fingerprint density at radius 1 is 1.21 bits per heavy atom. The summed E-state index contributed by atoms with van der Waals surface area (Å²) in [6.07, 6.45) is 1.31. The number of amides is 2. The molecule has 1 aliphatic rings. The molecule has 0 bridgehead atoms. The molecule has 0 radical (unpaired) electrons. The van der Waals surface area contributed by atoms with Crippen molar-refractivity contribution in [3.8, 4) is 0 Å². The van der Waals surface area contributed by atoms with Crippen LogP contribution in [0.1, 0.15) is 5.56 Å². The third-order valence-corrected chi connectivity index (χ3v) is 4.80. The topological polar surface area (TPSA) is 95.8 Å². The van der Waals surface area contributed by atoms with Crippen molar-refractivity contribution >= 4 is 63.9 Å². The zero-order chi connectivity index (χ0) is 21.3. The van der Waals surface area contributed by atoms with Crippen LogP contribution >= 0.6 is 23.8 Å². The molecule has 2 aromatic rings. The smallest absolute Gasteiger partial charge is 0.270 e. The maximum Gasteiger partial charge on any atom is 0.270 e. The molecule has 29 heavy (non-hydrogen) atoms. The second kappa shape index (κ2) is 7.98. The van der Waals surface area contributed by atoms with Crippen LogP contribution in [0.5, 0.6) is 0 Å².